The van der Waals surface area contributed by atoms with Crippen molar-refractivity contribution in [2.75, 3.05) is 46.1 Å². The molecular formula is C20H25BrN4O4. The van der Waals surface area contributed by atoms with Crippen LogP contribution in [-0.2, 0) is 20.8 Å². The number of rotatable bonds is 6. The average molecular weight is 465 g/mol. The van der Waals surface area contributed by atoms with Crippen LogP contribution in [0.15, 0.2) is 33.8 Å². The topological polar surface area (TPSA) is 85.7 Å². The highest BCUT2D eigenvalue weighted by atomic mass is 79.9. The van der Waals surface area contributed by atoms with Crippen molar-refractivity contribution in [3.63, 3.8) is 0 Å². The number of carbonyl (C=O) groups excluding carboxylic acids is 1. The first-order valence-electron chi connectivity index (χ1n) is 9.93. The quantitative estimate of drug-likeness (QED) is 0.686. The second-order valence-electron chi connectivity index (χ2n) is 7.48. The van der Waals surface area contributed by atoms with Gasteiger partial charge in [-0.2, -0.15) is 0 Å². The molecule has 0 radical (unpaired) electrons. The van der Waals surface area contributed by atoms with Crippen LogP contribution in [-0.4, -0.2) is 72.5 Å². The van der Waals surface area contributed by atoms with Gasteiger partial charge in [0.25, 0.3) is 5.56 Å². The van der Waals surface area contributed by atoms with Crippen molar-refractivity contribution in [1.82, 2.24) is 19.8 Å². The maximum absolute atomic E-state index is 12.7. The van der Waals surface area contributed by atoms with Crippen molar-refractivity contribution in [2.45, 2.75) is 19.0 Å². The molecule has 2 unspecified atom stereocenters. The van der Waals surface area contributed by atoms with Gasteiger partial charge in [-0.05, 0) is 24.6 Å². The molecule has 0 bridgehead atoms. The standard InChI is InChI=1S/C20H25BrN4O4/c21-15-1-2-17-16(9-15)20(27)25(13-23-17)11-19(26)22-10-18(14-3-6-29-12-14)24-4-7-28-8-5-24/h1-2,9,13-14,18H,3-8,10-12H2,(H,22,26). The van der Waals surface area contributed by atoms with Gasteiger partial charge in [-0.25, -0.2) is 4.98 Å². The first kappa shape index (κ1) is 20.5. The number of nitrogens with one attached hydrogen (secondary N) is 1. The van der Waals surface area contributed by atoms with E-state index in [0.29, 0.717) is 36.6 Å². The number of fused-ring (bicyclic) bond motifs is 1. The summed E-state index contributed by atoms with van der Waals surface area (Å²) in [6.45, 7) is 5.13. The number of hydrogen-bond acceptors (Lipinski definition) is 6. The van der Waals surface area contributed by atoms with E-state index in [0.717, 1.165) is 37.2 Å². The van der Waals surface area contributed by atoms with Crippen LogP contribution in [0.5, 0.6) is 0 Å². The number of carbonyl (C=O) groups is 1. The van der Waals surface area contributed by atoms with E-state index < -0.39 is 0 Å². The molecule has 3 heterocycles. The van der Waals surface area contributed by atoms with Crippen LogP contribution in [0.4, 0.5) is 0 Å². The first-order chi connectivity index (χ1) is 14.1. The van der Waals surface area contributed by atoms with Gasteiger partial charge in [-0.1, -0.05) is 15.9 Å². The largest absolute Gasteiger partial charge is 0.381 e. The maximum Gasteiger partial charge on any atom is 0.261 e. The van der Waals surface area contributed by atoms with Crippen LogP contribution >= 0.6 is 15.9 Å². The lowest BCUT2D eigenvalue weighted by molar-refractivity contribution is -0.122. The first-order valence-corrected chi connectivity index (χ1v) is 10.7. The van der Waals surface area contributed by atoms with Crippen LogP contribution < -0.4 is 10.9 Å². The molecule has 2 aliphatic rings. The Hall–Kier alpha value is -1.81. The Bertz CT molecular complexity index is 922. The van der Waals surface area contributed by atoms with Crippen molar-refractivity contribution in [2.24, 2.45) is 5.92 Å². The zero-order chi connectivity index (χ0) is 20.2. The SMILES string of the molecule is O=C(Cn1cnc2ccc(Br)cc2c1=O)NCC(C1CCOC1)N1CCOCC1. The smallest absolute Gasteiger partial charge is 0.261 e. The molecule has 29 heavy (non-hydrogen) atoms. The summed E-state index contributed by atoms with van der Waals surface area (Å²) < 4.78 is 13.2. The fourth-order valence-corrected chi connectivity index (χ4v) is 4.39. The molecule has 1 N–H and O–H groups in total. The number of morpholine rings is 1. The number of nitrogens with zero attached hydrogens (tertiary/aromatic N) is 3. The summed E-state index contributed by atoms with van der Waals surface area (Å²) in [5.74, 6) is 0.205. The monoisotopic (exact) mass is 464 g/mol. The van der Waals surface area contributed by atoms with Gasteiger partial charge in [0, 0.05) is 42.7 Å². The minimum absolute atomic E-state index is 0.0503. The molecule has 0 spiro atoms. The Morgan fingerprint density at radius 1 is 1.28 bits per heavy atom. The summed E-state index contributed by atoms with van der Waals surface area (Å²) in [6.07, 6.45) is 2.43. The molecule has 9 heteroatoms. The predicted octanol–water partition coefficient (Wildman–Crippen LogP) is 1.01. The summed E-state index contributed by atoms with van der Waals surface area (Å²) in [5.41, 5.74) is 0.392. The summed E-state index contributed by atoms with van der Waals surface area (Å²) in [5, 5.41) is 3.51. The zero-order valence-corrected chi connectivity index (χ0v) is 17.8. The van der Waals surface area contributed by atoms with E-state index in [-0.39, 0.29) is 24.1 Å². The highest BCUT2D eigenvalue weighted by molar-refractivity contribution is 9.10. The lowest BCUT2D eigenvalue weighted by Crippen LogP contribution is -2.52. The maximum atomic E-state index is 12.7. The molecule has 2 fully saturated rings. The number of halogens is 1. The third-order valence-corrected chi connectivity index (χ3v) is 6.13. The minimum atomic E-state index is -0.222. The van der Waals surface area contributed by atoms with Gasteiger partial charge in [0.15, 0.2) is 0 Å². The Balaban J connectivity index is 1.42. The summed E-state index contributed by atoms with van der Waals surface area (Å²) in [4.78, 5) is 32.0. The lowest BCUT2D eigenvalue weighted by atomic mass is 9.97. The van der Waals surface area contributed by atoms with Gasteiger partial charge in [0.2, 0.25) is 5.91 Å². The Morgan fingerprint density at radius 2 is 2.10 bits per heavy atom. The number of aromatic nitrogens is 2. The number of amides is 1. The summed E-state index contributed by atoms with van der Waals surface area (Å²) >= 11 is 3.37. The van der Waals surface area contributed by atoms with Crippen molar-refractivity contribution in [3.05, 3.63) is 39.4 Å². The molecule has 2 aromatic rings. The van der Waals surface area contributed by atoms with Crippen LogP contribution in [0.25, 0.3) is 10.9 Å². The fourth-order valence-electron chi connectivity index (χ4n) is 4.03. The molecule has 2 saturated heterocycles. The predicted molar refractivity (Wildman–Crippen MR) is 112 cm³/mol. The fraction of sp³-hybridized carbons (Fsp3) is 0.550. The minimum Gasteiger partial charge on any atom is -0.381 e. The van der Waals surface area contributed by atoms with E-state index in [4.69, 9.17) is 9.47 Å². The highest BCUT2D eigenvalue weighted by Gasteiger charge is 2.31. The van der Waals surface area contributed by atoms with Gasteiger partial charge in [0.1, 0.15) is 6.54 Å². The van der Waals surface area contributed by atoms with E-state index in [1.54, 1.807) is 12.1 Å². The third kappa shape index (κ3) is 4.85. The van der Waals surface area contributed by atoms with E-state index >= 15 is 0 Å². The summed E-state index contributed by atoms with van der Waals surface area (Å²) in [6, 6.07) is 5.56. The van der Waals surface area contributed by atoms with E-state index in [9.17, 15) is 9.59 Å². The molecule has 1 aromatic heterocycles. The van der Waals surface area contributed by atoms with E-state index in [1.165, 1.54) is 10.9 Å². The average Bonchev–Trinajstić information content (AvgIpc) is 3.26. The van der Waals surface area contributed by atoms with Gasteiger partial charge < -0.3 is 14.8 Å². The second kappa shape index (κ2) is 9.34. The highest BCUT2D eigenvalue weighted by Crippen LogP contribution is 2.22. The molecular weight excluding hydrogens is 440 g/mol. The molecule has 1 aromatic carbocycles. The molecule has 2 atom stereocenters. The van der Waals surface area contributed by atoms with Gasteiger partial charge in [0.05, 0.1) is 37.1 Å². The number of hydrogen-bond donors (Lipinski definition) is 1. The molecule has 1 amide bonds. The Labute approximate surface area is 177 Å². The van der Waals surface area contributed by atoms with Crippen molar-refractivity contribution in [1.29, 1.82) is 0 Å². The molecule has 0 aliphatic carbocycles. The molecule has 8 nitrogen and oxygen atoms in total. The Morgan fingerprint density at radius 3 is 2.86 bits per heavy atom. The van der Waals surface area contributed by atoms with Gasteiger partial charge >= 0.3 is 0 Å². The second-order valence-corrected chi connectivity index (χ2v) is 8.40. The van der Waals surface area contributed by atoms with Crippen molar-refractivity contribution < 1.29 is 14.3 Å². The Kier molecular flexibility index (Phi) is 6.59. The number of ether oxygens (including phenoxy) is 2. The lowest BCUT2D eigenvalue weighted by Gasteiger charge is -2.37. The van der Waals surface area contributed by atoms with E-state index in [1.807, 2.05) is 6.07 Å². The molecule has 0 saturated carbocycles. The molecule has 156 valence electrons. The van der Waals surface area contributed by atoms with Crippen molar-refractivity contribution in [3.8, 4) is 0 Å². The van der Waals surface area contributed by atoms with Crippen LogP contribution in [0.2, 0.25) is 0 Å². The summed E-state index contributed by atoms with van der Waals surface area (Å²) in [7, 11) is 0. The van der Waals surface area contributed by atoms with Crippen LogP contribution in [0, 0.1) is 5.92 Å². The van der Waals surface area contributed by atoms with Crippen LogP contribution in [0.3, 0.4) is 0 Å². The normalized spacial score (nSPS) is 21.3. The van der Waals surface area contributed by atoms with E-state index in [2.05, 4.69) is 31.1 Å². The third-order valence-electron chi connectivity index (χ3n) is 5.63. The van der Waals surface area contributed by atoms with Gasteiger partial charge in [-0.3, -0.25) is 19.1 Å². The van der Waals surface area contributed by atoms with Crippen LogP contribution in [0.1, 0.15) is 6.42 Å². The van der Waals surface area contributed by atoms with Gasteiger partial charge in [-0.15, -0.1) is 0 Å². The molecule has 4 rings (SSSR count). The molecule has 2 aliphatic heterocycles. The number of benzene rings is 1. The zero-order valence-electron chi connectivity index (χ0n) is 16.2. The van der Waals surface area contributed by atoms with Crippen molar-refractivity contribution >= 4 is 32.7 Å².